The van der Waals surface area contributed by atoms with Crippen LogP contribution in [0.5, 0.6) is 0 Å². The number of amides is 2. The first-order chi connectivity index (χ1) is 11.5. The van der Waals surface area contributed by atoms with Gasteiger partial charge in [-0.3, -0.25) is 9.59 Å². The molecule has 2 aromatic rings. The van der Waals surface area contributed by atoms with E-state index in [0.29, 0.717) is 23.1 Å². The summed E-state index contributed by atoms with van der Waals surface area (Å²) < 4.78 is 0. The van der Waals surface area contributed by atoms with Gasteiger partial charge in [0, 0.05) is 35.2 Å². The lowest BCUT2D eigenvalue weighted by Gasteiger charge is -2.16. The summed E-state index contributed by atoms with van der Waals surface area (Å²) in [4.78, 5) is 26.1. The first kappa shape index (κ1) is 16.8. The fourth-order valence-corrected chi connectivity index (χ4v) is 2.94. The summed E-state index contributed by atoms with van der Waals surface area (Å²) in [6.45, 7) is 0.800. The average Bonchev–Trinajstić information content (AvgIpc) is 2.97. The smallest absolute Gasteiger partial charge is 0.227 e. The number of hydrogen-bond acceptors (Lipinski definition) is 2. The third-order valence-electron chi connectivity index (χ3n) is 4.01. The molecule has 2 aromatic carbocycles. The van der Waals surface area contributed by atoms with Gasteiger partial charge in [-0.1, -0.05) is 35.3 Å². The Morgan fingerprint density at radius 2 is 1.62 bits per heavy atom. The maximum absolute atomic E-state index is 12.3. The summed E-state index contributed by atoms with van der Waals surface area (Å²) in [5.74, 6) is -0.515. The molecule has 6 heteroatoms. The van der Waals surface area contributed by atoms with E-state index >= 15 is 0 Å². The number of carbonyl (C=O) groups excluding carboxylic acids is 2. The van der Waals surface area contributed by atoms with Crippen molar-refractivity contribution in [1.82, 2.24) is 5.32 Å². The number of carbonyl (C=O) groups is 2. The first-order valence-electron chi connectivity index (χ1n) is 7.61. The molecule has 0 saturated carbocycles. The second-order valence-corrected chi connectivity index (χ2v) is 6.60. The summed E-state index contributed by atoms with van der Waals surface area (Å²) in [5, 5.41) is 4.15. The molecule has 1 N–H and O–H groups in total. The lowest BCUT2D eigenvalue weighted by Crippen LogP contribution is -2.32. The molecule has 1 fully saturated rings. The van der Waals surface area contributed by atoms with Crippen molar-refractivity contribution in [2.45, 2.75) is 13.0 Å². The highest BCUT2D eigenvalue weighted by Gasteiger charge is 2.34. The van der Waals surface area contributed by atoms with Crippen molar-refractivity contribution in [1.29, 1.82) is 0 Å². The van der Waals surface area contributed by atoms with E-state index in [1.165, 1.54) is 0 Å². The monoisotopic (exact) mass is 362 g/mol. The third-order valence-corrected chi connectivity index (χ3v) is 4.52. The van der Waals surface area contributed by atoms with E-state index in [2.05, 4.69) is 5.32 Å². The van der Waals surface area contributed by atoms with Crippen LogP contribution in [0.15, 0.2) is 48.5 Å². The molecular formula is C18H16Cl2N2O2. The summed E-state index contributed by atoms with van der Waals surface area (Å²) in [7, 11) is 0. The molecular weight excluding hydrogens is 347 g/mol. The Bertz CT molecular complexity index is 745. The minimum Gasteiger partial charge on any atom is -0.352 e. The lowest BCUT2D eigenvalue weighted by molar-refractivity contribution is -0.126. The number of nitrogens with one attached hydrogen (secondary N) is 1. The highest BCUT2D eigenvalue weighted by Crippen LogP contribution is 2.26. The average molecular weight is 363 g/mol. The van der Waals surface area contributed by atoms with Gasteiger partial charge in [0.1, 0.15) is 0 Å². The SMILES string of the molecule is O=C(NCc1ccc(Cl)cc1)C1CC(=O)N(c2ccc(Cl)cc2)C1. The molecule has 0 bridgehead atoms. The summed E-state index contributed by atoms with van der Waals surface area (Å²) in [5.41, 5.74) is 1.73. The molecule has 1 aliphatic rings. The van der Waals surface area contributed by atoms with Gasteiger partial charge in [0.2, 0.25) is 11.8 Å². The van der Waals surface area contributed by atoms with Crippen LogP contribution in [0.25, 0.3) is 0 Å². The number of halogens is 2. The van der Waals surface area contributed by atoms with Crippen LogP contribution in [0, 0.1) is 5.92 Å². The molecule has 24 heavy (non-hydrogen) atoms. The van der Waals surface area contributed by atoms with E-state index in [9.17, 15) is 9.59 Å². The molecule has 1 atom stereocenters. The van der Waals surface area contributed by atoms with Gasteiger partial charge in [-0.2, -0.15) is 0 Å². The minimum atomic E-state index is -0.347. The van der Waals surface area contributed by atoms with Crippen LogP contribution in [0.3, 0.4) is 0 Å². The normalized spacial score (nSPS) is 17.2. The van der Waals surface area contributed by atoms with E-state index in [1.807, 2.05) is 12.1 Å². The Morgan fingerprint density at radius 1 is 1.04 bits per heavy atom. The highest BCUT2D eigenvalue weighted by atomic mass is 35.5. The predicted octanol–water partition coefficient (Wildman–Crippen LogP) is 3.66. The summed E-state index contributed by atoms with van der Waals surface area (Å²) >= 11 is 11.7. The van der Waals surface area contributed by atoms with E-state index in [1.54, 1.807) is 41.3 Å². The predicted molar refractivity (Wildman–Crippen MR) is 95.2 cm³/mol. The topological polar surface area (TPSA) is 49.4 Å². The quantitative estimate of drug-likeness (QED) is 0.901. The van der Waals surface area contributed by atoms with Crippen molar-refractivity contribution in [3.63, 3.8) is 0 Å². The number of benzene rings is 2. The van der Waals surface area contributed by atoms with Gasteiger partial charge in [-0.25, -0.2) is 0 Å². The molecule has 124 valence electrons. The number of nitrogens with zero attached hydrogens (tertiary/aromatic N) is 1. The summed E-state index contributed by atoms with van der Waals surface area (Å²) in [6, 6.07) is 14.3. The van der Waals surface area contributed by atoms with Crippen molar-refractivity contribution < 1.29 is 9.59 Å². The van der Waals surface area contributed by atoms with Gasteiger partial charge in [0.05, 0.1) is 5.92 Å². The maximum Gasteiger partial charge on any atom is 0.227 e. The molecule has 0 radical (unpaired) electrons. The van der Waals surface area contributed by atoms with Gasteiger partial charge < -0.3 is 10.2 Å². The van der Waals surface area contributed by atoms with Crippen LogP contribution in [0.4, 0.5) is 5.69 Å². The molecule has 3 rings (SSSR count). The fourth-order valence-electron chi connectivity index (χ4n) is 2.69. The van der Waals surface area contributed by atoms with Crippen LogP contribution in [0.2, 0.25) is 10.0 Å². The standard InChI is InChI=1S/C18H16Cl2N2O2/c19-14-3-1-12(2-4-14)10-21-18(24)13-9-17(23)22(11-13)16-7-5-15(20)6-8-16/h1-8,13H,9-11H2,(H,21,24). The van der Waals surface area contributed by atoms with Crippen LogP contribution >= 0.6 is 23.2 Å². The molecule has 0 aromatic heterocycles. The van der Waals surface area contributed by atoms with Crippen LogP contribution in [-0.2, 0) is 16.1 Å². The molecule has 1 heterocycles. The zero-order valence-electron chi connectivity index (χ0n) is 12.8. The second kappa shape index (κ2) is 7.24. The largest absolute Gasteiger partial charge is 0.352 e. The third kappa shape index (κ3) is 3.89. The Hall–Kier alpha value is -2.04. The van der Waals surface area contributed by atoms with E-state index in [4.69, 9.17) is 23.2 Å². The molecule has 1 aliphatic heterocycles. The van der Waals surface area contributed by atoms with Gasteiger partial charge >= 0.3 is 0 Å². The molecule has 1 unspecified atom stereocenters. The van der Waals surface area contributed by atoms with Crippen molar-refractivity contribution in [2.24, 2.45) is 5.92 Å². The second-order valence-electron chi connectivity index (χ2n) is 5.73. The Balaban J connectivity index is 1.59. The van der Waals surface area contributed by atoms with Gasteiger partial charge in [-0.05, 0) is 42.0 Å². The summed E-state index contributed by atoms with van der Waals surface area (Å²) in [6.07, 6.45) is 0.217. The van der Waals surface area contributed by atoms with Crippen molar-refractivity contribution in [2.75, 3.05) is 11.4 Å². The van der Waals surface area contributed by atoms with Gasteiger partial charge in [0.25, 0.3) is 0 Å². The van der Waals surface area contributed by atoms with E-state index in [0.717, 1.165) is 11.3 Å². The van der Waals surface area contributed by atoms with Crippen LogP contribution < -0.4 is 10.2 Å². The van der Waals surface area contributed by atoms with Crippen LogP contribution in [-0.4, -0.2) is 18.4 Å². The molecule has 0 spiro atoms. The van der Waals surface area contributed by atoms with E-state index < -0.39 is 0 Å². The zero-order valence-corrected chi connectivity index (χ0v) is 14.3. The van der Waals surface area contributed by atoms with Crippen molar-refractivity contribution in [3.05, 3.63) is 64.1 Å². The number of anilines is 1. The molecule has 1 saturated heterocycles. The maximum atomic E-state index is 12.3. The molecule has 4 nitrogen and oxygen atoms in total. The fraction of sp³-hybridized carbons (Fsp3) is 0.222. The van der Waals surface area contributed by atoms with Crippen LogP contribution in [0.1, 0.15) is 12.0 Å². The molecule has 0 aliphatic carbocycles. The Labute approximate surface area is 150 Å². The Morgan fingerprint density at radius 3 is 2.25 bits per heavy atom. The lowest BCUT2D eigenvalue weighted by atomic mass is 10.1. The number of rotatable bonds is 4. The molecule has 2 amide bonds. The van der Waals surface area contributed by atoms with Gasteiger partial charge in [-0.15, -0.1) is 0 Å². The van der Waals surface area contributed by atoms with Crippen molar-refractivity contribution in [3.8, 4) is 0 Å². The van der Waals surface area contributed by atoms with Crippen molar-refractivity contribution >= 4 is 40.7 Å². The zero-order chi connectivity index (χ0) is 17.1. The first-order valence-corrected chi connectivity index (χ1v) is 8.36. The minimum absolute atomic E-state index is 0.0519. The van der Waals surface area contributed by atoms with Gasteiger partial charge in [0.15, 0.2) is 0 Å². The number of hydrogen-bond donors (Lipinski definition) is 1. The van der Waals surface area contributed by atoms with E-state index in [-0.39, 0.29) is 24.2 Å². The highest BCUT2D eigenvalue weighted by molar-refractivity contribution is 6.30. The Kier molecular flexibility index (Phi) is 5.07.